The smallest absolute Gasteiger partial charge is 0.0786 e. The number of hydrogen-bond donors (Lipinski definition) is 0. The number of rotatable bonds is 32. The van der Waals surface area contributed by atoms with Crippen molar-refractivity contribution in [3.63, 3.8) is 0 Å². The van der Waals surface area contributed by atoms with Crippen LogP contribution in [0, 0.1) is 0 Å². The Morgan fingerprint density at radius 1 is 0.216 bits per heavy atom. The third kappa shape index (κ3) is 26.0. The van der Waals surface area contributed by atoms with Gasteiger partial charge in [0.25, 0.3) is 0 Å². The summed E-state index contributed by atoms with van der Waals surface area (Å²) < 4.78 is 1.48. The molecule has 1 heteroatoms. The fourth-order valence-corrected chi connectivity index (χ4v) is 6.29. The number of unbranched alkanes of at least 4 members (excludes halogenated alkanes) is 24. The average molecular weight is 523 g/mol. The number of nitrogens with zero attached hydrogens (tertiary/aromatic N) is 1. The molecule has 0 aliphatic rings. The Morgan fingerprint density at radius 2 is 0.378 bits per heavy atom. The minimum absolute atomic E-state index is 1.37. The first-order valence-electron chi connectivity index (χ1n) is 18.1. The molecule has 0 aliphatic carbocycles. The minimum Gasteiger partial charge on any atom is -0.324 e. The van der Waals surface area contributed by atoms with Crippen LogP contribution in [0.3, 0.4) is 0 Å². The van der Waals surface area contributed by atoms with Gasteiger partial charge in [0, 0.05) is 0 Å². The van der Waals surface area contributed by atoms with Gasteiger partial charge in [-0.05, 0) is 51.4 Å². The molecule has 0 radical (unpaired) electrons. The first-order valence-corrected chi connectivity index (χ1v) is 18.1. The van der Waals surface area contributed by atoms with Gasteiger partial charge in [-0.2, -0.15) is 0 Å². The average Bonchev–Trinajstić information content (AvgIpc) is 2.91. The van der Waals surface area contributed by atoms with E-state index in [1.165, 1.54) is 210 Å². The highest BCUT2D eigenvalue weighted by molar-refractivity contribution is 4.55. The second kappa shape index (κ2) is 30.5. The molecule has 0 spiro atoms. The van der Waals surface area contributed by atoms with Gasteiger partial charge in [-0.15, -0.1) is 0 Å². The SMILES string of the molecule is CCCCCCCCCCCC[N+](CCCCCCCC)(CCCCCCCC)CCCCCCCC. The lowest BCUT2D eigenvalue weighted by molar-refractivity contribution is -0.929. The van der Waals surface area contributed by atoms with Crippen molar-refractivity contribution in [3.05, 3.63) is 0 Å². The lowest BCUT2D eigenvalue weighted by Gasteiger charge is -2.40. The molecule has 0 saturated heterocycles. The summed E-state index contributed by atoms with van der Waals surface area (Å²) in [6.45, 7) is 15.3. The maximum Gasteiger partial charge on any atom is 0.0786 e. The van der Waals surface area contributed by atoms with Crippen LogP contribution in [0.4, 0.5) is 0 Å². The lowest BCUT2D eigenvalue weighted by Crippen LogP contribution is -2.50. The highest BCUT2D eigenvalue weighted by Gasteiger charge is 2.25. The van der Waals surface area contributed by atoms with Gasteiger partial charge in [0.05, 0.1) is 26.2 Å². The zero-order valence-corrected chi connectivity index (χ0v) is 27.1. The molecule has 0 aromatic rings. The monoisotopic (exact) mass is 523 g/mol. The van der Waals surface area contributed by atoms with E-state index in [1.807, 2.05) is 0 Å². The predicted octanol–water partition coefficient (Wildman–Crippen LogP) is 12.8. The molecule has 0 N–H and O–H groups in total. The highest BCUT2D eigenvalue weighted by Crippen LogP contribution is 2.21. The van der Waals surface area contributed by atoms with E-state index in [9.17, 15) is 0 Å². The second-order valence-electron chi connectivity index (χ2n) is 12.7. The minimum atomic E-state index is 1.37. The summed E-state index contributed by atoms with van der Waals surface area (Å²) in [4.78, 5) is 0. The van der Waals surface area contributed by atoms with Crippen LogP contribution in [0.2, 0.25) is 0 Å². The first-order chi connectivity index (χ1) is 18.2. The van der Waals surface area contributed by atoms with Crippen molar-refractivity contribution in [2.75, 3.05) is 26.2 Å². The van der Waals surface area contributed by atoms with Crippen molar-refractivity contribution in [2.45, 2.75) is 207 Å². The van der Waals surface area contributed by atoms with Gasteiger partial charge in [0.2, 0.25) is 0 Å². The molecule has 0 aromatic heterocycles. The molecular formula is C36H76N+. The molecule has 0 heterocycles. The van der Waals surface area contributed by atoms with Gasteiger partial charge >= 0.3 is 0 Å². The number of hydrogen-bond acceptors (Lipinski definition) is 0. The summed E-state index contributed by atoms with van der Waals surface area (Å²) in [5.74, 6) is 0. The van der Waals surface area contributed by atoms with Crippen molar-refractivity contribution < 1.29 is 4.48 Å². The molecule has 1 nitrogen and oxygen atoms in total. The van der Waals surface area contributed by atoms with Crippen LogP contribution in [-0.4, -0.2) is 30.7 Å². The molecule has 0 aliphatic heterocycles. The van der Waals surface area contributed by atoms with E-state index in [2.05, 4.69) is 27.7 Å². The predicted molar refractivity (Wildman–Crippen MR) is 172 cm³/mol. The summed E-state index contributed by atoms with van der Waals surface area (Å²) in [6.07, 6.45) is 40.7. The van der Waals surface area contributed by atoms with Crippen LogP contribution >= 0.6 is 0 Å². The zero-order chi connectivity index (χ0) is 27.1. The summed E-state index contributed by atoms with van der Waals surface area (Å²) >= 11 is 0. The van der Waals surface area contributed by atoms with Crippen molar-refractivity contribution in [1.82, 2.24) is 0 Å². The summed E-state index contributed by atoms with van der Waals surface area (Å²) in [5.41, 5.74) is 0. The lowest BCUT2D eigenvalue weighted by atomic mass is 10.0. The van der Waals surface area contributed by atoms with Gasteiger partial charge < -0.3 is 4.48 Å². The van der Waals surface area contributed by atoms with Crippen LogP contribution in [0.1, 0.15) is 207 Å². The van der Waals surface area contributed by atoms with E-state index < -0.39 is 0 Å². The molecule has 0 atom stereocenters. The molecule has 0 aromatic carbocycles. The summed E-state index contributed by atoms with van der Waals surface area (Å²) in [7, 11) is 0. The van der Waals surface area contributed by atoms with Crippen LogP contribution in [0.25, 0.3) is 0 Å². The van der Waals surface area contributed by atoms with E-state index in [4.69, 9.17) is 0 Å². The Hall–Kier alpha value is -0.0400. The molecular weight excluding hydrogens is 446 g/mol. The summed E-state index contributed by atoms with van der Waals surface area (Å²) in [5, 5.41) is 0. The fourth-order valence-electron chi connectivity index (χ4n) is 6.29. The Bertz CT molecular complexity index is 363. The Balaban J connectivity index is 4.69. The van der Waals surface area contributed by atoms with Crippen LogP contribution in [-0.2, 0) is 0 Å². The summed E-state index contributed by atoms with van der Waals surface area (Å²) in [6, 6.07) is 0. The normalized spacial score (nSPS) is 12.0. The molecule has 0 bridgehead atoms. The third-order valence-corrected chi connectivity index (χ3v) is 8.94. The van der Waals surface area contributed by atoms with E-state index in [0.29, 0.717) is 0 Å². The Morgan fingerprint density at radius 3 is 0.568 bits per heavy atom. The maximum atomic E-state index is 2.34. The zero-order valence-electron chi connectivity index (χ0n) is 27.1. The standard InChI is InChI=1S/C36H76N/c1-5-9-13-17-21-22-23-24-28-32-36-37(33-29-25-18-14-10-6-2,34-30-26-19-15-11-7-3)35-31-27-20-16-12-8-4/h5-36H2,1-4H3/q+1. The highest BCUT2D eigenvalue weighted by atomic mass is 15.3. The van der Waals surface area contributed by atoms with Crippen LogP contribution < -0.4 is 0 Å². The van der Waals surface area contributed by atoms with E-state index >= 15 is 0 Å². The number of quaternary nitrogens is 1. The maximum absolute atomic E-state index is 2.34. The fraction of sp³-hybridized carbons (Fsp3) is 1.00. The van der Waals surface area contributed by atoms with E-state index in [-0.39, 0.29) is 0 Å². The van der Waals surface area contributed by atoms with Gasteiger partial charge in [-0.3, -0.25) is 0 Å². The second-order valence-corrected chi connectivity index (χ2v) is 12.7. The molecule has 0 saturated carbocycles. The topological polar surface area (TPSA) is 0 Å². The van der Waals surface area contributed by atoms with Crippen LogP contribution in [0.5, 0.6) is 0 Å². The Kier molecular flexibility index (Phi) is 30.5. The van der Waals surface area contributed by atoms with E-state index in [1.54, 1.807) is 0 Å². The molecule has 0 fully saturated rings. The van der Waals surface area contributed by atoms with Crippen molar-refractivity contribution >= 4 is 0 Å². The quantitative estimate of drug-likeness (QED) is 0.0608. The Labute approximate surface area is 237 Å². The molecule has 37 heavy (non-hydrogen) atoms. The molecule has 0 amide bonds. The molecule has 0 rings (SSSR count). The first kappa shape index (κ1) is 37.0. The van der Waals surface area contributed by atoms with Gasteiger partial charge in [0.15, 0.2) is 0 Å². The van der Waals surface area contributed by atoms with Gasteiger partial charge in [0.1, 0.15) is 0 Å². The molecule has 0 unspecified atom stereocenters. The van der Waals surface area contributed by atoms with Gasteiger partial charge in [-0.25, -0.2) is 0 Å². The van der Waals surface area contributed by atoms with Crippen molar-refractivity contribution in [3.8, 4) is 0 Å². The molecule has 224 valence electrons. The largest absolute Gasteiger partial charge is 0.324 e. The van der Waals surface area contributed by atoms with Crippen molar-refractivity contribution in [1.29, 1.82) is 0 Å². The van der Waals surface area contributed by atoms with Crippen LogP contribution in [0.15, 0.2) is 0 Å². The van der Waals surface area contributed by atoms with E-state index in [0.717, 1.165) is 0 Å². The van der Waals surface area contributed by atoms with Gasteiger partial charge in [-0.1, -0.05) is 156 Å². The third-order valence-electron chi connectivity index (χ3n) is 8.94. The van der Waals surface area contributed by atoms with Crippen molar-refractivity contribution in [2.24, 2.45) is 0 Å².